The van der Waals surface area contributed by atoms with Gasteiger partial charge in [-0.15, -0.1) is 138 Å². The van der Waals surface area contributed by atoms with Crippen LogP contribution in [0, 0.1) is 27.7 Å². The van der Waals surface area contributed by atoms with Gasteiger partial charge >= 0.3 is 0 Å². The third-order valence-electron chi connectivity index (χ3n) is 10.2. The monoisotopic (exact) mass is 1230 g/mol. The molecule has 6 heteroatoms. The molecule has 0 bridgehead atoms. The molecule has 0 fully saturated rings. The fraction of sp³-hybridized carbons (Fsp3) is 0.357. The van der Waals surface area contributed by atoms with E-state index < -0.39 is 0 Å². The van der Waals surface area contributed by atoms with Crippen LogP contribution in [0.2, 0.25) is 26.2 Å². The molecule has 0 atom stereocenters. The van der Waals surface area contributed by atoms with Gasteiger partial charge in [0.25, 0.3) is 0 Å². The van der Waals surface area contributed by atoms with E-state index in [1.54, 1.807) is 0 Å². The predicted octanol–water partition coefficient (Wildman–Crippen LogP) is 11.5. The van der Waals surface area contributed by atoms with Crippen molar-refractivity contribution < 1.29 is 76.5 Å². The van der Waals surface area contributed by atoms with Gasteiger partial charge in [-0.1, -0.05) is 156 Å². The molecule has 8 aromatic carbocycles. The molecule has 0 unspecified atom stereocenters. The third-order valence-corrected chi connectivity index (χ3v) is 10.2. The molecular formula is C56H72Cl2Hf2Si2-6. The first-order valence-electron chi connectivity index (χ1n) is 21.4. The Labute approximate surface area is 433 Å². The molecule has 0 heterocycles. The average molecular weight is 1230 g/mol. The molecule has 0 aromatic heterocycles. The van der Waals surface area contributed by atoms with Crippen LogP contribution in [0.25, 0.3) is 43.1 Å². The van der Waals surface area contributed by atoms with E-state index in [0.717, 1.165) is 19.0 Å². The van der Waals surface area contributed by atoms with E-state index in [1.165, 1.54) is 87.6 Å². The third kappa shape index (κ3) is 18.2. The summed E-state index contributed by atoms with van der Waals surface area (Å²) >= 11 is 0. The number of hydrogen-bond donors (Lipinski definition) is 0. The molecule has 8 rings (SSSR count). The van der Waals surface area contributed by atoms with Crippen molar-refractivity contribution in [3.05, 3.63) is 166 Å². The van der Waals surface area contributed by atoms with Crippen molar-refractivity contribution in [3.63, 3.8) is 0 Å². The normalized spacial score (nSPS) is 10.1. The molecule has 0 N–H and O–H groups in total. The maximum atomic E-state index is 2.28. The molecule has 8 aromatic rings. The van der Waals surface area contributed by atoms with Gasteiger partial charge in [-0.05, 0) is 23.7 Å². The Kier molecular flexibility index (Phi) is 31.2. The molecule has 0 aliphatic carbocycles. The van der Waals surface area contributed by atoms with Crippen LogP contribution in [0.15, 0.2) is 121 Å². The van der Waals surface area contributed by atoms with Crippen LogP contribution in [0.5, 0.6) is 0 Å². The van der Waals surface area contributed by atoms with Crippen LogP contribution < -0.4 is 24.8 Å². The van der Waals surface area contributed by atoms with E-state index in [-0.39, 0.29) is 76.5 Å². The van der Waals surface area contributed by atoms with E-state index in [4.69, 9.17) is 0 Å². The first-order valence-corrected chi connectivity index (χ1v) is 25.4. The second-order valence-corrected chi connectivity index (χ2v) is 19.2. The molecule has 0 spiro atoms. The van der Waals surface area contributed by atoms with E-state index in [1.807, 2.05) is 0 Å². The molecule has 0 saturated heterocycles. The van der Waals surface area contributed by atoms with Crippen LogP contribution in [-0.2, 0) is 51.7 Å². The number of benzene rings is 4. The molecule has 332 valence electrons. The van der Waals surface area contributed by atoms with E-state index >= 15 is 0 Å². The topological polar surface area (TPSA) is 0 Å². The Bertz CT molecular complexity index is 2080. The molecule has 0 saturated carbocycles. The van der Waals surface area contributed by atoms with Gasteiger partial charge in [0.05, 0.1) is 0 Å². The summed E-state index contributed by atoms with van der Waals surface area (Å²) in [6.45, 7) is 35.2. The number of hydrogen-bond acceptors (Lipinski definition) is 0. The zero-order chi connectivity index (χ0) is 43.1. The Balaban J connectivity index is 0. The van der Waals surface area contributed by atoms with Gasteiger partial charge in [-0.3, -0.25) is 0 Å². The summed E-state index contributed by atoms with van der Waals surface area (Å²) in [5.41, 5.74) is 11.3. The Morgan fingerprint density at radius 3 is 0.645 bits per heavy atom. The van der Waals surface area contributed by atoms with Crippen molar-refractivity contribution in [2.24, 2.45) is 0 Å². The Morgan fingerprint density at radius 1 is 0.339 bits per heavy atom. The molecule has 0 aliphatic heterocycles. The second kappa shape index (κ2) is 31.1. The van der Waals surface area contributed by atoms with E-state index in [9.17, 15) is 0 Å². The van der Waals surface area contributed by atoms with Crippen LogP contribution in [-0.4, -0.2) is 19.0 Å². The predicted molar refractivity (Wildman–Crippen MR) is 268 cm³/mol. The number of halogens is 2. The maximum Gasteiger partial charge on any atom is 0.0307 e. The van der Waals surface area contributed by atoms with Gasteiger partial charge in [0.15, 0.2) is 0 Å². The Hall–Kier alpha value is -1.93. The summed E-state index contributed by atoms with van der Waals surface area (Å²) < 4.78 is 0. The summed E-state index contributed by atoms with van der Waals surface area (Å²) in [5.74, 6) is 2.46. The van der Waals surface area contributed by atoms with Crippen LogP contribution in [0.3, 0.4) is 0 Å². The van der Waals surface area contributed by atoms with Crippen molar-refractivity contribution in [1.82, 2.24) is 0 Å². The SMILES string of the molecule is C[Si]C.C[Si]C.Cc1cc2c(C(C)C)cccc2[cH-]1.Cc1cc2c(C(C)C)cccc2[cH-]1.Cc1cc2c(C(C)C)cccc2[cH-]1.Cc1cc2c(C(C)C)cccc2[cH-]1.[Cl-].[Cl-].[Hf].[Hf]. The van der Waals surface area contributed by atoms with Crippen molar-refractivity contribution in [3.8, 4) is 0 Å². The minimum Gasteiger partial charge on any atom is -1.00 e. The van der Waals surface area contributed by atoms with E-state index in [2.05, 4.69) is 231 Å². The van der Waals surface area contributed by atoms with Crippen LogP contribution in [0.1, 0.15) is 124 Å². The number of fused-ring (bicyclic) bond motifs is 4. The second-order valence-electron chi connectivity index (χ2n) is 17.2. The number of aryl methyl sites for hydroxylation is 4. The molecule has 4 radical (unpaired) electrons. The summed E-state index contributed by atoms with van der Waals surface area (Å²) in [5, 5.41) is 11.2. The summed E-state index contributed by atoms with van der Waals surface area (Å²) in [7, 11) is 2.17. The van der Waals surface area contributed by atoms with Gasteiger partial charge in [0.2, 0.25) is 0 Å². The molecule has 0 aliphatic rings. The fourth-order valence-corrected chi connectivity index (χ4v) is 7.65. The van der Waals surface area contributed by atoms with E-state index in [0.29, 0.717) is 23.7 Å². The zero-order valence-corrected chi connectivity index (χ0v) is 51.3. The number of rotatable bonds is 4. The van der Waals surface area contributed by atoms with Gasteiger partial charge in [0.1, 0.15) is 0 Å². The maximum absolute atomic E-state index is 2.28. The van der Waals surface area contributed by atoms with Crippen molar-refractivity contribution in [2.75, 3.05) is 0 Å². The summed E-state index contributed by atoms with van der Waals surface area (Å²) in [6, 6.07) is 44.4. The van der Waals surface area contributed by atoms with Crippen molar-refractivity contribution in [1.29, 1.82) is 0 Å². The smallest absolute Gasteiger partial charge is 0.0307 e. The largest absolute Gasteiger partial charge is 1.00 e. The molecular weight excluding hydrogens is 1160 g/mol. The molecule has 62 heavy (non-hydrogen) atoms. The zero-order valence-electron chi connectivity index (χ0n) is 40.6. The average Bonchev–Trinajstić information content (AvgIpc) is 3.94. The quantitative estimate of drug-likeness (QED) is 0.122. The fourth-order valence-electron chi connectivity index (χ4n) is 7.65. The van der Waals surface area contributed by atoms with Crippen LogP contribution in [0.4, 0.5) is 0 Å². The van der Waals surface area contributed by atoms with Gasteiger partial charge < -0.3 is 24.8 Å². The molecule has 0 nitrogen and oxygen atoms in total. The Morgan fingerprint density at radius 2 is 0.500 bits per heavy atom. The standard InChI is InChI=1S/4C13H15.2C2H6Si.2ClH.2Hf/c4*1-9(2)12-6-4-5-11-7-10(3)8-13(11)12;2*1-3-2;;;;/h4*4-9H,1-3H3;2*1-2H3;2*1H;;/q4*-1;;;;;;/p-2. The first-order chi connectivity index (χ1) is 27.6. The van der Waals surface area contributed by atoms with Gasteiger partial charge in [0, 0.05) is 70.7 Å². The first kappa shape index (κ1) is 62.2. The van der Waals surface area contributed by atoms with Gasteiger partial charge in [-0.25, -0.2) is 0 Å². The molecule has 0 amide bonds. The van der Waals surface area contributed by atoms with Crippen LogP contribution >= 0.6 is 0 Å². The van der Waals surface area contributed by atoms with Crippen molar-refractivity contribution in [2.45, 2.75) is 133 Å². The summed E-state index contributed by atoms with van der Waals surface area (Å²) in [6.07, 6.45) is 0. The minimum atomic E-state index is 0. The summed E-state index contributed by atoms with van der Waals surface area (Å²) in [4.78, 5) is 0. The van der Waals surface area contributed by atoms with Gasteiger partial charge in [-0.2, -0.15) is 24.3 Å². The minimum absolute atomic E-state index is 0. The van der Waals surface area contributed by atoms with Crippen molar-refractivity contribution >= 4 is 62.1 Å².